The third kappa shape index (κ3) is 2.46. The third-order valence-electron chi connectivity index (χ3n) is 2.97. The quantitative estimate of drug-likeness (QED) is 0.815. The van der Waals surface area contributed by atoms with Crippen molar-refractivity contribution in [3.8, 4) is 5.75 Å². The number of nitrogens with two attached hydrogens (primary N) is 1. The molecule has 0 radical (unpaired) electrons. The summed E-state index contributed by atoms with van der Waals surface area (Å²) in [6.07, 6.45) is -0.712. The fraction of sp³-hybridized carbons (Fsp3) is 0.200. The number of aryl methyl sites for hydroxylation is 1. The van der Waals surface area contributed by atoms with E-state index in [4.69, 9.17) is 10.5 Å². The van der Waals surface area contributed by atoms with Crippen molar-refractivity contribution in [3.63, 3.8) is 0 Å². The van der Waals surface area contributed by atoms with Gasteiger partial charge in [0.25, 0.3) is 0 Å². The highest BCUT2D eigenvalue weighted by atomic mass is 16.5. The summed E-state index contributed by atoms with van der Waals surface area (Å²) in [6, 6.07) is 13.0. The van der Waals surface area contributed by atoms with E-state index in [2.05, 4.69) is 0 Å². The van der Waals surface area contributed by atoms with E-state index in [1.54, 1.807) is 7.11 Å². The van der Waals surface area contributed by atoms with Crippen LogP contribution in [0.5, 0.6) is 5.75 Å². The smallest absolute Gasteiger partial charge is 0.118 e. The molecule has 0 saturated heterocycles. The van der Waals surface area contributed by atoms with Crippen molar-refractivity contribution >= 4 is 5.69 Å². The van der Waals surface area contributed by atoms with Crippen LogP contribution in [0, 0.1) is 6.92 Å². The maximum Gasteiger partial charge on any atom is 0.118 e. The predicted molar refractivity (Wildman–Crippen MR) is 72.6 cm³/mol. The summed E-state index contributed by atoms with van der Waals surface area (Å²) in [7, 11) is 1.61. The zero-order chi connectivity index (χ0) is 13.1. The van der Waals surface area contributed by atoms with Gasteiger partial charge in [0.1, 0.15) is 11.9 Å². The third-order valence-corrected chi connectivity index (χ3v) is 2.97. The number of methoxy groups -OCH3 is 1. The lowest BCUT2D eigenvalue weighted by molar-refractivity contribution is 0.221. The van der Waals surface area contributed by atoms with Gasteiger partial charge in [0.05, 0.1) is 7.11 Å². The highest BCUT2D eigenvalue weighted by Gasteiger charge is 2.13. The lowest BCUT2D eigenvalue weighted by Crippen LogP contribution is -2.04. The Morgan fingerprint density at radius 2 is 1.78 bits per heavy atom. The first-order valence-electron chi connectivity index (χ1n) is 5.80. The Hall–Kier alpha value is -2.00. The molecule has 0 bridgehead atoms. The summed E-state index contributed by atoms with van der Waals surface area (Å²) in [5.74, 6) is 0.767. The van der Waals surface area contributed by atoms with Gasteiger partial charge in [-0.3, -0.25) is 0 Å². The molecule has 2 aromatic rings. The monoisotopic (exact) mass is 243 g/mol. The molecule has 0 aliphatic carbocycles. The molecule has 3 N–H and O–H groups in total. The van der Waals surface area contributed by atoms with Gasteiger partial charge in [0.15, 0.2) is 0 Å². The van der Waals surface area contributed by atoms with Crippen molar-refractivity contribution in [2.75, 3.05) is 12.8 Å². The zero-order valence-electron chi connectivity index (χ0n) is 10.6. The van der Waals surface area contributed by atoms with Gasteiger partial charge in [-0.25, -0.2) is 0 Å². The number of rotatable bonds is 3. The minimum absolute atomic E-state index is 0.610. The number of nitrogen functional groups attached to an aromatic ring is 1. The van der Waals surface area contributed by atoms with Gasteiger partial charge in [0.2, 0.25) is 0 Å². The average Bonchev–Trinajstić information content (AvgIpc) is 2.38. The molecule has 0 heterocycles. The van der Waals surface area contributed by atoms with Gasteiger partial charge >= 0.3 is 0 Å². The van der Waals surface area contributed by atoms with Gasteiger partial charge in [-0.15, -0.1) is 0 Å². The average molecular weight is 243 g/mol. The van der Waals surface area contributed by atoms with Crippen molar-refractivity contribution in [2.24, 2.45) is 0 Å². The number of benzene rings is 2. The van der Waals surface area contributed by atoms with Crippen LogP contribution in [-0.2, 0) is 0 Å². The second-order valence-electron chi connectivity index (χ2n) is 4.31. The molecule has 0 aliphatic rings. The Bertz CT molecular complexity index is 535. The van der Waals surface area contributed by atoms with E-state index in [1.165, 1.54) is 0 Å². The van der Waals surface area contributed by atoms with E-state index in [0.29, 0.717) is 5.69 Å². The molecule has 3 nitrogen and oxygen atoms in total. The molecular formula is C15H17NO2. The van der Waals surface area contributed by atoms with Crippen LogP contribution in [0.4, 0.5) is 5.69 Å². The van der Waals surface area contributed by atoms with Crippen molar-refractivity contribution in [1.29, 1.82) is 0 Å². The molecule has 0 amide bonds. The van der Waals surface area contributed by atoms with Crippen LogP contribution in [0.2, 0.25) is 0 Å². The van der Waals surface area contributed by atoms with Crippen LogP contribution in [-0.4, -0.2) is 12.2 Å². The first-order valence-corrected chi connectivity index (χ1v) is 5.80. The summed E-state index contributed by atoms with van der Waals surface area (Å²) in [5.41, 5.74) is 9.15. The molecule has 1 unspecified atom stereocenters. The van der Waals surface area contributed by atoms with Crippen molar-refractivity contribution in [3.05, 3.63) is 59.2 Å². The maximum absolute atomic E-state index is 10.3. The molecule has 94 valence electrons. The predicted octanol–water partition coefficient (Wildman–Crippen LogP) is 2.67. The fourth-order valence-corrected chi connectivity index (χ4v) is 1.91. The first kappa shape index (κ1) is 12.5. The number of aliphatic hydroxyl groups is 1. The van der Waals surface area contributed by atoms with E-state index in [1.807, 2.05) is 49.4 Å². The standard InChI is InChI=1S/C15H17NO2/c1-10-3-8-13(14(16)9-10)15(17)11-4-6-12(18-2)7-5-11/h3-9,15,17H,16H2,1-2H3. The van der Waals surface area contributed by atoms with Crippen molar-refractivity contribution < 1.29 is 9.84 Å². The Labute approximate surface area is 107 Å². The minimum atomic E-state index is -0.712. The largest absolute Gasteiger partial charge is 0.497 e. The van der Waals surface area contributed by atoms with Gasteiger partial charge in [-0.2, -0.15) is 0 Å². The SMILES string of the molecule is COc1ccc(C(O)c2ccc(C)cc2N)cc1. The highest BCUT2D eigenvalue weighted by molar-refractivity contribution is 5.52. The second kappa shape index (κ2) is 5.10. The number of hydrogen-bond acceptors (Lipinski definition) is 3. The van der Waals surface area contributed by atoms with Crippen molar-refractivity contribution in [1.82, 2.24) is 0 Å². The number of aliphatic hydroxyl groups excluding tert-OH is 1. The van der Waals surface area contributed by atoms with E-state index < -0.39 is 6.10 Å². The molecule has 18 heavy (non-hydrogen) atoms. The van der Waals surface area contributed by atoms with Crippen LogP contribution in [0.15, 0.2) is 42.5 Å². The summed E-state index contributed by atoms with van der Waals surface area (Å²) in [6.45, 7) is 1.97. The molecule has 0 aromatic heterocycles. The fourth-order valence-electron chi connectivity index (χ4n) is 1.91. The number of ether oxygens (including phenoxy) is 1. The first-order chi connectivity index (χ1) is 8.61. The summed E-state index contributed by atoms with van der Waals surface area (Å²) >= 11 is 0. The highest BCUT2D eigenvalue weighted by Crippen LogP contribution is 2.28. The van der Waals surface area contributed by atoms with E-state index in [-0.39, 0.29) is 0 Å². The molecule has 3 heteroatoms. The molecule has 0 saturated carbocycles. The number of hydrogen-bond donors (Lipinski definition) is 2. The van der Waals surface area contributed by atoms with Crippen LogP contribution in [0.25, 0.3) is 0 Å². The molecule has 0 spiro atoms. The summed E-state index contributed by atoms with van der Waals surface area (Å²) in [4.78, 5) is 0. The van der Waals surface area contributed by atoms with E-state index in [0.717, 1.165) is 22.4 Å². The Kier molecular flexibility index (Phi) is 3.53. The second-order valence-corrected chi connectivity index (χ2v) is 4.31. The lowest BCUT2D eigenvalue weighted by atomic mass is 9.99. The summed E-state index contributed by atoms with van der Waals surface area (Å²) in [5, 5.41) is 10.3. The minimum Gasteiger partial charge on any atom is -0.497 e. The molecule has 0 fully saturated rings. The van der Waals surface area contributed by atoms with Crippen LogP contribution < -0.4 is 10.5 Å². The number of anilines is 1. The van der Waals surface area contributed by atoms with Crippen LogP contribution in [0.1, 0.15) is 22.8 Å². The topological polar surface area (TPSA) is 55.5 Å². The Morgan fingerprint density at radius 1 is 1.11 bits per heavy atom. The Morgan fingerprint density at radius 3 is 2.33 bits per heavy atom. The Balaban J connectivity index is 2.31. The van der Waals surface area contributed by atoms with Crippen molar-refractivity contribution in [2.45, 2.75) is 13.0 Å². The molecular weight excluding hydrogens is 226 g/mol. The van der Waals surface area contributed by atoms with E-state index in [9.17, 15) is 5.11 Å². The van der Waals surface area contributed by atoms with E-state index >= 15 is 0 Å². The normalized spacial score (nSPS) is 12.2. The molecule has 0 aliphatic heterocycles. The molecule has 2 aromatic carbocycles. The zero-order valence-corrected chi connectivity index (χ0v) is 10.6. The summed E-state index contributed by atoms with van der Waals surface area (Å²) < 4.78 is 5.09. The maximum atomic E-state index is 10.3. The lowest BCUT2D eigenvalue weighted by Gasteiger charge is -2.14. The van der Waals surface area contributed by atoms with Crippen LogP contribution >= 0.6 is 0 Å². The van der Waals surface area contributed by atoms with Gasteiger partial charge < -0.3 is 15.6 Å². The molecule has 1 atom stereocenters. The van der Waals surface area contributed by atoms with Gasteiger partial charge in [-0.1, -0.05) is 24.3 Å². The molecule has 2 rings (SSSR count). The van der Waals surface area contributed by atoms with Crippen LogP contribution in [0.3, 0.4) is 0 Å². The van der Waals surface area contributed by atoms with Gasteiger partial charge in [0, 0.05) is 11.3 Å². The van der Waals surface area contributed by atoms with Gasteiger partial charge in [-0.05, 0) is 36.2 Å².